The summed E-state index contributed by atoms with van der Waals surface area (Å²) in [5.41, 5.74) is 2.92. The maximum Gasteiger partial charge on any atom is 0.141 e. The molecule has 0 aliphatic rings. The molecule has 1 atom stereocenters. The van der Waals surface area contributed by atoms with Gasteiger partial charge in [-0.2, -0.15) is 0 Å². The van der Waals surface area contributed by atoms with Crippen LogP contribution in [0.15, 0.2) is 34.8 Å². The van der Waals surface area contributed by atoms with Gasteiger partial charge in [-0.05, 0) is 35.0 Å². The Balaban J connectivity index is 2.56. The van der Waals surface area contributed by atoms with Crippen LogP contribution in [0.25, 0.3) is 0 Å². The van der Waals surface area contributed by atoms with Gasteiger partial charge >= 0.3 is 0 Å². The molecule has 1 unspecified atom stereocenters. The molecule has 5 heteroatoms. The maximum absolute atomic E-state index is 13.7. The Morgan fingerprint density at radius 1 is 1.00 bits per heavy atom. The van der Waals surface area contributed by atoms with E-state index in [1.165, 1.54) is 13.2 Å². The number of hydrogen-bond acceptors (Lipinski definition) is 2. The van der Waals surface area contributed by atoms with Gasteiger partial charge in [0.25, 0.3) is 0 Å². The normalized spacial score (nSPS) is 12.1. The lowest BCUT2D eigenvalue weighted by Crippen LogP contribution is -2.01. The van der Waals surface area contributed by atoms with Gasteiger partial charge in [0.05, 0.1) is 23.5 Å². The average molecular weight is 418 g/mol. The molecule has 0 fully saturated rings. The third-order valence-corrected chi connectivity index (χ3v) is 4.80. The molecule has 0 aliphatic carbocycles. The highest BCUT2D eigenvalue weighted by Crippen LogP contribution is 2.42. The minimum atomic E-state index is -0.355. The molecule has 0 aliphatic heterocycles. The van der Waals surface area contributed by atoms with Gasteiger partial charge in [-0.25, -0.2) is 4.39 Å². The van der Waals surface area contributed by atoms with Crippen molar-refractivity contribution in [2.24, 2.45) is 0 Å². The first-order valence-electron chi connectivity index (χ1n) is 6.29. The van der Waals surface area contributed by atoms with Gasteiger partial charge in [-0.3, -0.25) is 0 Å². The van der Waals surface area contributed by atoms with E-state index in [0.29, 0.717) is 10.2 Å². The first-order chi connectivity index (χ1) is 9.97. The van der Waals surface area contributed by atoms with Gasteiger partial charge in [-0.1, -0.05) is 33.6 Å². The zero-order valence-electron chi connectivity index (χ0n) is 11.9. The number of benzene rings is 2. The summed E-state index contributed by atoms with van der Waals surface area (Å²) in [5, 5.41) is 0. The first-order valence-corrected chi connectivity index (χ1v) is 8.00. The Hall–Kier alpha value is -1.07. The fourth-order valence-corrected chi connectivity index (χ4v) is 3.21. The Morgan fingerprint density at radius 3 is 2.24 bits per heavy atom. The number of halogens is 3. The van der Waals surface area contributed by atoms with Gasteiger partial charge in [0.1, 0.15) is 17.3 Å². The van der Waals surface area contributed by atoms with Crippen molar-refractivity contribution in [3.63, 3.8) is 0 Å². The van der Waals surface area contributed by atoms with E-state index in [0.717, 1.165) is 22.4 Å². The van der Waals surface area contributed by atoms with Crippen LogP contribution in [0.1, 0.15) is 21.5 Å². The molecule has 0 aromatic heterocycles. The van der Waals surface area contributed by atoms with Crippen molar-refractivity contribution in [2.45, 2.75) is 11.8 Å². The van der Waals surface area contributed by atoms with Crippen molar-refractivity contribution in [2.75, 3.05) is 14.2 Å². The second kappa shape index (κ2) is 6.79. The third-order valence-electron chi connectivity index (χ3n) is 3.20. The van der Waals surface area contributed by atoms with Gasteiger partial charge in [0.15, 0.2) is 0 Å². The molecular formula is C16H15Br2FO2. The molecule has 2 aromatic rings. The van der Waals surface area contributed by atoms with Crippen molar-refractivity contribution in [3.05, 3.63) is 57.3 Å². The van der Waals surface area contributed by atoms with E-state index in [2.05, 4.69) is 31.9 Å². The van der Waals surface area contributed by atoms with E-state index in [9.17, 15) is 4.39 Å². The maximum atomic E-state index is 13.7. The van der Waals surface area contributed by atoms with E-state index < -0.39 is 0 Å². The molecule has 0 saturated heterocycles. The van der Waals surface area contributed by atoms with Crippen LogP contribution in [-0.4, -0.2) is 14.2 Å². The lowest BCUT2D eigenvalue weighted by atomic mass is 10.0. The summed E-state index contributed by atoms with van der Waals surface area (Å²) < 4.78 is 24.8. The highest BCUT2D eigenvalue weighted by Gasteiger charge is 2.21. The van der Waals surface area contributed by atoms with E-state index >= 15 is 0 Å². The summed E-state index contributed by atoms with van der Waals surface area (Å²) in [5.74, 6) is 0.901. The number of aryl methyl sites for hydroxylation is 1. The number of hydrogen-bond donors (Lipinski definition) is 0. The van der Waals surface area contributed by atoms with Crippen LogP contribution in [0.4, 0.5) is 4.39 Å². The number of methoxy groups -OCH3 is 2. The monoisotopic (exact) mass is 416 g/mol. The largest absolute Gasteiger partial charge is 0.496 e. The quantitative estimate of drug-likeness (QED) is 0.620. The summed E-state index contributed by atoms with van der Waals surface area (Å²) in [6.45, 7) is 2.01. The van der Waals surface area contributed by atoms with Crippen LogP contribution in [0.2, 0.25) is 0 Å². The van der Waals surface area contributed by atoms with Gasteiger partial charge in [-0.15, -0.1) is 0 Å². The zero-order chi connectivity index (χ0) is 15.6. The van der Waals surface area contributed by atoms with Crippen LogP contribution < -0.4 is 9.47 Å². The van der Waals surface area contributed by atoms with Gasteiger partial charge in [0.2, 0.25) is 0 Å². The molecule has 2 aromatic carbocycles. The second-order valence-corrected chi connectivity index (χ2v) is 6.39. The standard InChI is InChI=1S/C16H15Br2FO2/c1-9-4-5-14(20-2)10(6-9)16(18)11-7-12(17)13(19)8-15(11)21-3/h4-8,16H,1-3H3. The second-order valence-electron chi connectivity index (χ2n) is 4.62. The van der Waals surface area contributed by atoms with E-state index in [4.69, 9.17) is 9.47 Å². The predicted octanol–water partition coefficient (Wildman–Crippen LogP) is 5.40. The van der Waals surface area contributed by atoms with Crippen molar-refractivity contribution in [3.8, 4) is 11.5 Å². The SMILES string of the molecule is COc1ccc(C)cc1C(Br)c1cc(Br)c(F)cc1OC. The molecule has 0 radical (unpaired) electrons. The van der Waals surface area contributed by atoms with Crippen LogP contribution in [0, 0.1) is 12.7 Å². The molecule has 0 saturated carbocycles. The molecule has 2 rings (SSSR count). The summed E-state index contributed by atoms with van der Waals surface area (Å²) in [7, 11) is 3.16. The minimum absolute atomic E-state index is 0.167. The molecule has 2 nitrogen and oxygen atoms in total. The average Bonchev–Trinajstić information content (AvgIpc) is 2.48. The van der Waals surface area contributed by atoms with Gasteiger partial charge < -0.3 is 9.47 Å². The Bertz CT molecular complexity index is 659. The number of alkyl halides is 1. The van der Waals surface area contributed by atoms with Crippen LogP contribution in [0.3, 0.4) is 0 Å². The zero-order valence-corrected chi connectivity index (χ0v) is 15.1. The first kappa shape index (κ1) is 16.3. The molecule has 0 bridgehead atoms. The number of rotatable bonds is 4. The van der Waals surface area contributed by atoms with Crippen LogP contribution in [0.5, 0.6) is 11.5 Å². The Labute approximate surface area is 140 Å². The molecule has 21 heavy (non-hydrogen) atoms. The number of ether oxygens (including phenoxy) is 2. The van der Waals surface area contributed by atoms with Crippen molar-refractivity contribution >= 4 is 31.9 Å². The van der Waals surface area contributed by atoms with E-state index in [-0.39, 0.29) is 10.6 Å². The summed E-state index contributed by atoms with van der Waals surface area (Å²) in [6.07, 6.45) is 0. The molecule has 0 spiro atoms. The molecule has 0 N–H and O–H groups in total. The topological polar surface area (TPSA) is 18.5 Å². The van der Waals surface area contributed by atoms with Crippen molar-refractivity contribution in [1.82, 2.24) is 0 Å². The van der Waals surface area contributed by atoms with E-state index in [1.54, 1.807) is 13.2 Å². The van der Waals surface area contributed by atoms with Crippen molar-refractivity contribution < 1.29 is 13.9 Å². The van der Waals surface area contributed by atoms with E-state index in [1.807, 2.05) is 25.1 Å². The minimum Gasteiger partial charge on any atom is -0.496 e. The molecular weight excluding hydrogens is 403 g/mol. The van der Waals surface area contributed by atoms with Crippen molar-refractivity contribution in [1.29, 1.82) is 0 Å². The fraction of sp³-hybridized carbons (Fsp3) is 0.250. The highest BCUT2D eigenvalue weighted by molar-refractivity contribution is 9.10. The van der Waals surface area contributed by atoms with Gasteiger partial charge in [0, 0.05) is 17.2 Å². The lowest BCUT2D eigenvalue weighted by Gasteiger charge is -2.18. The van der Waals surface area contributed by atoms with Crippen LogP contribution in [-0.2, 0) is 0 Å². The third kappa shape index (κ3) is 3.40. The predicted molar refractivity (Wildman–Crippen MR) is 89.2 cm³/mol. The molecule has 0 heterocycles. The summed E-state index contributed by atoms with van der Waals surface area (Å²) in [6, 6.07) is 9.03. The fourth-order valence-electron chi connectivity index (χ4n) is 2.14. The molecule has 0 amide bonds. The summed E-state index contributed by atoms with van der Waals surface area (Å²) in [4.78, 5) is -0.167. The Morgan fingerprint density at radius 2 is 1.62 bits per heavy atom. The summed E-state index contributed by atoms with van der Waals surface area (Å²) >= 11 is 6.88. The molecule has 112 valence electrons. The lowest BCUT2D eigenvalue weighted by molar-refractivity contribution is 0.403. The Kier molecular flexibility index (Phi) is 5.27. The van der Waals surface area contributed by atoms with Crippen LogP contribution >= 0.6 is 31.9 Å². The highest BCUT2D eigenvalue weighted by atomic mass is 79.9. The smallest absolute Gasteiger partial charge is 0.141 e.